The Morgan fingerprint density at radius 2 is 1.84 bits per heavy atom. The van der Waals surface area contributed by atoms with E-state index in [1.165, 1.54) is 11.6 Å². The maximum atomic E-state index is 12.9. The van der Waals surface area contributed by atoms with E-state index >= 15 is 0 Å². The van der Waals surface area contributed by atoms with Gasteiger partial charge in [-0.15, -0.1) is 11.3 Å². The maximum Gasteiger partial charge on any atom is 0.331 e. The van der Waals surface area contributed by atoms with Gasteiger partial charge in [-0.3, -0.25) is 18.7 Å². The zero-order chi connectivity index (χ0) is 18.3. The minimum Gasteiger partial charge on any atom is -0.310 e. The number of thiophene rings is 1. The second-order valence-electron chi connectivity index (χ2n) is 5.88. The molecule has 2 aromatic heterocycles. The number of para-hydroxylation sites is 1. The normalized spacial score (nSPS) is 11.0. The second-order valence-corrected chi connectivity index (χ2v) is 6.91. The first-order chi connectivity index (χ1) is 11.9. The van der Waals surface area contributed by atoms with Gasteiger partial charge in [-0.2, -0.15) is 0 Å². The Hall–Kier alpha value is -2.67. The molecule has 3 aromatic rings. The topological polar surface area (TPSA) is 64.3 Å². The van der Waals surface area contributed by atoms with Crippen molar-refractivity contribution in [2.24, 2.45) is 14.1 Å². The first-order valence-electron chi connectivity index (χ1n) is 7.92. The average Bonchev–Trinajstić information content (AvgIpc) is 3.09. The van der Waals surface area contributed by atoms with Crippen LogP contribution in [0.15, 0.2) is 39.9 Å². The molecule has 1 amide bonds. The van der Waals surface area contributed by atoms with Crippen molar-refractivity contribution in [3.63, 3.8) is 0 Å². The number of rotatable bonds is 3. The van der Waals surface area contributed by atoms with Gasteiger partial charge in [-0.05, 0) is 24.1 Å². The van der Waals surface area contributed by atoms with Crippen LogP contribution in [0.1, 0.15) is 22.2 Å². The molecule has 0 aliphatic rings. The zero-order valence-electron chi connectivity index (χ0n) is 14.6. The summed E-state index contributed by atoms with van der Waals surface area (Å²) in [6.45, 7) is 2.04. The van der Waals surface area contributed by atoms with Crippen LogP contribution in [-0.4, -0.2) is 22.1 Å². The summed E-state index contributed by atoms with van der Waals surface area (Å²) in [6.07, 6.45) is 0.815. The first-order valence-corrected chi connectivity index (χ1v) is 8.74. The van der Waals surface area contributed by atoms with Gasteiger partial charge in [0.05, 0.1) is 10.3 Å². The standard InChI is InChI=1S/C18H19N3O3S/c1-5-11-8-6-7-9-13(11)19(2)16(23)14-10-12-15(22)20(3)18(24)21(4)17(12)25-14/h6-10H,5H2,1-4H3. The molecule has 1 aromatic carbocycles. The van der Waals surface area contributed by atoms with Crippen LogP contribution in [0.5, 0.6) is 0 Å². The average molecular weight is 357 g/mol. The van der Waals surface area contributed by atoms with Crippen molar-refractivity contribution < 1.29 is 4.79 Å². The Morgan fingerprint density at radius 1 is 1.16 bits per heavy atom. The van der Waals surface area contributed by atoms with E-state index in [9.17, 15) is 14.4 Å². The van der Waals surface area contributed by atoms with E-state index in [4.69, 9.17) is 0 Å². The number of nitrogens with zero attached hydrogens (tertiary/aromatic N) is 3. The molecule has 0 unspecified atom stereocenters. The number of fused-ring (bicyclic) bond motifs is 1. The molecule has 0 saturated heterocycles. The molecule has 7 heteroatoms. The van der Waals surface area contributed by atoms with Gasteiger partial charge in [0.1, 0.15) is 4.83 Å². The van der Waals surface area contributed by atoms with Crippen molar-refractivity contribution in [2.75, 3.05) is 11.9 Å². The van der Waals surface area contributed by atoms with E-state index in [1.54, 1.807) is 25.1 Å². The van der Waals surface area contributed by atoms with E-state index < -0.39 is 5.69 Å². The Balaban J connectivity index is 2.12. The lowest BCUT2D eigenvalue weighted by molar-refractivity contribution is 0.0996. The lowest BCUT2D eigenvalue weighted by Crippen LogP contribution is -2.36. The highest BCUT2D eigenvalue weighted by Gasteiger charge is 2.21. The predicted molar refractivity (Wildman–Crippen MR) is 101 cm³/mol. The molecule has 3 rings (SSSR count). The first kappa shape index (κ1) is 17.2. The monoisotopic (exact) mass is 357 g/mol. The summed E-state index contributed by atoms with van der Waals surface area (Å²) in [6, 6.07) is 9.31. The summed E-state index contributed by atoms with van der Waals surface area (Å²) < 4.78 is 2.46. The lowest BCUT2D eigenvalue weighted by Gasteiger charge is -2.19. The quantitative estimate of drug-likeness (QED) is 0.721. The van der Waals surface area contributed by atoms with Crippen LogP contribution in [0.4, 0.5) is 5.69 Å². The van der Waals surface area contributed by atoms with Gasteiger partial charge < -0.3 is 4.90 Å². The van der Waals surface area contributed by atoms with Crippen molar-refractivity contribution >= 4 is 33.1 Å². The van der Waals surface area contributed by atoms with Gasteiger partial charge in [0.2, 0.25) is 0 Å². The fourth-order valence-corrected chi connectivity index (χ4v) is 3.96. The number of hydrogen-bond acceptors (Lipinski definition) is 4. The number of anilines is 1. The molecule has 0 N–H and O–H groups in total. The highest BCUT2D eigenvalue weighted by atomic mass is 32.1. The summed E-state index contributed by atoms with van der Waals surface area (Å²) in [5.41, 5.74) is 1.13. The number of carbonyl (C=O) groups excluding carboxylic acids is 1. The number of aromatic nitrogens is 2. The number of hydrogen-bond donors (Lipinski definition) is 0. The van der Waals surface area contributed by atoms with Crippen LogP contribution < -0.4 is 16.1 Å². The molecule has 0 bridgehead atoms. The molecule has 0 saturated carbocycles. The fourth-order valence-electron chi connectivity index (χ4n) is 2.88. The van der Waals surface area contributed by atoms with Gasteiger partial charge in [0.15, 0.2) is 0 Å². The number of aryl methyl sites for hydroxylation is 2. The third kappa shape index (κ3) is 2.70. The van der Waals surface area contributed by atoms with Crippen LogP contribution in [0.3, 0.4) is 0 Å². The highest BCUT2D eigenvalue weighted by Crippen LogP contribution is 2.26. The largest absolute Gasteiger partial charge is 0.331 e. The molecular weight excluding hydrogens is 338 g/mol. The van der Waals surface area contributed by atoms with Gasteiger partial charge in [-0.1, -0.05) is 25.1 Å². The molecule has 0 spiro atoms. The minimum atomic E-state index is -0.400. The molecule has 0 radical (unpaired) electrons. The number of carbonyl (C=O) groups is 1. The Labute approximate surface area is 148 Å². The zero-order valence-corrected chi connectivity index (χ0v) is 15.4. The Morgan fingerprint density at radius 3 is 2.52 bits per heavy atom. The van der Waals surface area contributed by atoms with Crippen molar-refractivity contribution in [3.05, 3.63) is 61.6 Å². The van der Waals surface area contributed by atoms with E-state index in [2.05, 4.69) is 0 Å². The molecule has 0 aliphatic carbocycles. The van der Waals surface area contributed by atoms with E-state index in [0.29, 0.717) is 15.1 Å². The van der Waals surface area contributed by atoms with E-state index in [1.807, 2.05) is 31.2 Å². The van der Waals surface area contributed by atoms with Crippen LogP contribution in [-0.2, 0) is 20.5 Å². The third-order valence-corrected chi connectivity index (χ3v) is 5.57. The van der Waals surface area contributed by atoms with Crippen molar-refractivity contribution in [1.29, 1.82) is 0 Å². The molecule has 130 valence electrons. The van der Waals surface area contributed by atoms with Gasteiger partial charge in [0, 0.05) is 26.8 Å². The van der Waals surface area contributed by atoms with Crippen LogP contribution in [0.2, 0.25) is 0 Å². The Bertz CT molecular complexity index is 1090. The maximum absolute atomic E-state index is 12.9. The summed E-state index contributed by atoms with van der Waals surface area (Å²) in [4.78, 5) is 39.8. The molecule has 6 nitrogen and oxygen atoms in total. The van der Waals surface area contributed by atoms with Crippen molar-refractivity contribution in [2.45, 2.75) is 13.3 Å². The Kier molecular flexibility index (Phi) is 4.34. The molecule has 0 aliphatic heterocycles. The van der Waals surface area contributed by atoms with Gasteiger partial charge in [0.25, 0.3) is 11.5 Å². The molecule has 0 fully saturated rings. The second kappa shape index (κ2) is 6.33. The summed E-state index contributed by atoms with van der Waals surface area (Å²) in [5, 5.41) is 0.384. The molecule has 25 heavy (non-hydrogen) atoms. The minimum absolute atomic E-state index is 0.198. The smallest absolute Gasteiger partial charge is 0.310 e. The predicted octanol–water partition coefficient (Wildman–Crippen LogP) is 2.14. The summed E-state index contributed by atoms with van der Waals surface area (Å²) in [7, 11) is 4.76. The molecule has 0 atom stereocenters. The number of benzene rings is 1. The van der Waals surface area contributed by atoms with Crippen LogP contribution in [0, 0.1) is 0 Å². The van der Waals surface area contributed by atoms with Gasteiger partial charge in [-0.25, -0.2) is 4.79 Å². The molecule has 2 heterocycles. The van der Waals surface area contributed by atoms with E-state index in [-0.39, 0.29) is 11.5 Å². The van der Waals surface area contributed by atoms with Crippen LogP contribution >= 0.6 is 11.3 Å². The SMILES string of the molecule is CCc1ccccc1N(C)C(=O)c1cc2c(=O)n(C)c(=O)n(C)c2s1. The summed E-state index contributed by atoms with van der Waals surface area (Å²) >= 11 is 1.16. The highest BCUT2D eigenvalue weighted by molar-refractivity contribution is 7.20. The van der Waals surface area contributed by atoms with Crippen LogP contribution in [0.25, 0.3) is 10.2 Å². The number of amides is 1. The summed E-state index contributed by atoms with van der Waals surface area (Å²) in [5.74, 6) is -0.198. The van der Waals surface area contributed by atoms with E-state index in [0.717, 1.165) is 33.6 Å². The fraction of sp³-hybridized carbons (Fsp3) is 0.278. The van der Waals surface area contributed by atoms with Crippen molar-refractivity contribution in [1.82, 2.24) is 9.13 Å². The lowest BCUT2D eigenvalue weighted by atomic mass is 10.1. The van der Waals surface area contributed by atoms with Gasteiger partial charge >= 0.3 is 5.69 Å². The third-order valence-electron chi connectivity index (χ3n) is 4.38. The van der Waals surface area contributed by atoms with Crippen molar-refractivity contribution in [3.8, 4) is 0 Å². The molecular formula is C18H19N3O3S.